The van der Waals surface area contributed by atoms with Crippen LogP contribution in [0.2, 0.25) is 0 Å². The van der Waals surface area contributed by atoms with Gasteiger partial charge in [-0.05, 0) is 140 Å². The van der Waals surface area contributed by atoms with Crippen LogP contribution < -0.4 is 20.4 Å². The Morgan fingerprint density at radius 1 is 0.761 bits per heavy atom. The first-order valence-corrected chi connectivity index (χ1v) is 27.0. The van der Waals surface area contributed by atoms with Gasteiger partial charge in [-0.3, -0.25) is 34.3 Å². The van der Waals surface area contributed by atoms with Crippen molar-refractivity contribution in [3.63, 3.8) is 0 Å². The molecular formula is C55H69N11O5. The van der Waals surface area contributed by atoms with Crippen molar-refractivity contribution in [2.24, 2.45) is 11.8 Å². The van der Waals surface area contributed by atoms with E-state index in [1.54, 1.807) is 6.20 Å². The highest BCUT2D eigenvalue weighted by atomic mass is 16.2. The van der Waals surface area contributed by atoms with Crippen LogP contribution in [0.5, 0.6) is 0 Å². The van der Waals surface area contributed by atoms with E-state index in [1.165, 1.54) is 19.3 Å². The summed E-state index contributed by atoms with van der Waals surface area (Å²) in [6, 6.07) is 13.9. The largest absolute Gasteiger partial charge is 0.370 e. The van der Waals surface area contributed by atoms with E-state index in [-0.39, 0.29) is 53.5 Å². The predicted octanol–water partition coefficient (Wildman–Crippen LogP) is 6.55. The highest BCUT2D eigenvalue weighted by molar-refractivity contribution is 6.09. The lowest BCUT2D eigenvalue weighted by atomic mass is 9.73. The van der Waals surface area contributed by atoms with Gasteiger partial charge in [-0.15, -0.1) is 0 Å². The number of nitrogens with one attached hydrogen (secondary N) is 2. The van der Waals surface area contributed by atoms with Crippen LogP contribution >= 0.6 is 0 Å². The number of amides is 5. The Morgan fingerprint density at radius 3 is 2.13 bits per heavy atom. The summed E-state index contributed by atoms with van der Waals surface area (Å²) < 4.78 is 2.20. The number of rotatable bonds is 10. The molecule has 71 heavy (non-hydrogen) atoms. The summed E-state index contributed by atoms with van der Waals surface area (Å²) in [5.74, 6) is 0.305. The predicted molar refractivity (Wildman–Crippen MR) is 271 cm³/mol. The second kappa shape index (κ2) is 18.6. The summed E-state index contributed by atoms with van der Waals surface area (Å²) in [4.78, 5) is 93.1. The Hall–Kier alpha value is -5.90. The molecule has 5 saturated heterocycles. The molecule has 3 aromatic heterocycles. The molecule has 16 nitrogen and oxygen atoms in total. The number of nitrogens with zero attached hydrogens (tertiary/aromatic N) is 9. The van der Waals surface area contributed by atoms with Crippen LogP contribution in [0.1, 0.15) is 133 Å². The van der Waals surface area contributed by atoms with Crippen molar-refractivity contribution in [3.8, 4) is 11.3 Å². The third kappa shape index (κ3) is 8.54. The molecule has 1 spiro atoms. The second-order valence-corrected chi connectivity index (χ2v) is 22.4. The minimum atomic E-state index is -0.673. The maximum atomic E-state index is 15.2. The van der Waals surface area contributed by atoms with Gasteiger partial charge in [0.25, 0.3) is 0 Å². The Labute approximate surface area is 416 Å². The first-order chi connectivity index (χ1) is 34.5. The van der Waals surface area contributed by atoms with E-state index in [0.717, 1.165) is 110 Å². The zero-order valence-corrected chi connectivity index (χ0v) is 41.5. The average molecular weight is 964 g/mol. The lowest BCUT2D eigenvalue weighted by Gasteiger charge is -2.48. The number of carbonyl (C=O) groups is 5. The number of piperidine rings is 5. The van der Waals surface area contributed by atoms with E-state index in [9.17, 15) is 19.2 Å². The van der Waals surface area contributed by atoms with Crippen LogP contribution in [0.3, 0.4) is 0 Å². The van der Waals surface area contributed by atoms with Crippen molar-refractivity contribution in [1.29, 1.82) is 0 Å². The average Bonchev–Trinajstić information content (AvgIpc) is 4.05. The summed E-state index contributed by atoms with van der Waals surface area (Å²) in [7, 11) is 0. The Bertz CT molecular complexity index is 2720. The van der Waals surface area contributed by atoms with Crippen molar-refractivity contribution in [2.45, 2.75) is 146 Å². The molecule has 1 atom stereocenters. The maximum absolute atomic E-state index is 15.2. The highest BCUT2D eigenvalue weighted by Crippen LogP contribution is 2.52. The molecule has 374 valence electrons. The van der Waals surface area contributed by atoms with Gasteiger partial charge in [-0.1, -0.05) is 18.6 Å². The molecule has 12 rings (SSSR count). The van der Waals surface area contributed by atoms with Crippen LogP contribution in [0.25, 0.3) is 22.3 Å². The quantitative estimate of drug-likeness (QED) is 0.166. The molecule has 6 aliphatic heterocycles. The molecule has 9 heterocycles. The standard InChI is InChI=1S/C55H69N11O5/c1-34(2)65-33-57-46-31-45(59-50(49(46)65)58-38-7-8-38)37-6-11-43-47(28-37)66(41-29-40(30-41)61-20-4-3-5-21-61)54(71)55(43)18-26-64(27-19-55)53(70)36-16-24-63(25-17-36)52(69)35-14-22-62(23-15-35)39-9-12-44(56-32-39)42-10-13-48(67)60-51(42)68/h6,9,11-12,28,31-36,38,40-42H,3-5,7-8,10,13-27,29-30H2,1-2H3,(H,58,59)(H,60,67,68). The molecule has 16 heteroatoms. The van der Waals surface area contributed by atoms with E-state index in [0.29, 0.717) is 82.5 Å². The number of pyridine rings is 2. The lowest BCUT2D eigenvalue weighted by Crippen LogP contribution is -2.58. The van der Waals surface area contributed by atoms with Gasteiger partial charge in [-0.2, -0.15) is 0 Å². The molecule has 0 bridgehead atoms. The fourth-order valence-corrected chi connectivity index (χ4v) is 13.2. The fourth-order valence-electron chi connectivity index (χ4n) is 13.2. The maximum Gasteiger partial charge on any atom is 0.238 e. The number of imidazole rings is 1. The molecule has 8 aliphatic rings. The molecule has 2 aliphatic carbocycles. The number of likely N-dealkylation sites (tertiary alicyclic amines) is 3. The van der Waals surface area contributed by atoms with Crippen molar-refractivity contribution in [2.75, 3.05) is 67.5 Å². The number of hydrogen-bond donors (Lipinski definition) is 2. The van der Waals surface area contributed by atoms with Gasteiger partial charge >= 0.3 is 0 Å². The van der Waals surface area contributed by atoms with E-state index >= 15 is 4.79 Å². The smallest absolute Gasteiger partial charge is 0.238 e. The van der Waals surface area contributed by atoms with E-state index < -0.39 is 11.3 Å². The molecule has 7 fully saturated rings. The van der Waals surface area contributed by atoms with Gasteiger partial charge in [0.15, 0.2) is 5.82 Å². The SMILES string of the molecule is CC(C)n1cnc2cc(-c3ccc4c(c3)N(C3CC(N5CCCCC5)C3)C(=O)C43CCN(C(=O)C4CCN(C(=O)C5CCN(c6ccc(C7CCC(=O)NC7=O)nc6)CC5)CC4)CC3)nc(NC3CC3)c21. The summed E-state index contributed by atoms with van der Waals surface area (Å²) >= 11 is 0. The van der Waals surface area contributed by atoms with Crippen molar-refractivity contribution < 1.29 is 24.0 Å². The van der Waals surface area contributed by atoms with Crippen LogP contribution in [0.4, 0.5) is 17.2 Å². The van der Waals surface area contributed by atoms with Gasteiger partial charge in [0, 0.05) is 92.9 Å². The lowest BCUT2D eigenvalue weighted by molar-refractivity contribution is -0.144. The van der Waals surface area contributed by atoms with Crippen LogP contribution in [0.15, 0.2) is 48.9 Å². The van der Waals surface area contributed by atoms with E-state index in [4.69, 9.17) is 9.97 Å². The number of imide groups is 1. The van der Waals surface area contributed by atoms with Crippen molar-refractivity contribution in [3.05, 3.63) is 60.2 Å². The third-order valence-corrected chi connectivity index (χ3v) is 17.7. The van der Waals surface area contributed by atoms with Crippen molar-refractivity contribution >= 4 is 57.8 Å². The number of carbonyl (C=O) groups excluding carboxylic acids is 5. The molecule has 1 unspecified atom stereocenters. The topological polar surface area (TPSA) is 169 Å². The zero-order valence-electron chi connectivity index (χ0n) is 41.5. The number of hydrogen-bond acceptors (Lipinski definition) is 11. The van der Waals surface area contributed by atoms with Gasteiger partial charge in [0.2, 0.25) is 29.5 Å². The number of anilines is 3. The molecule has 2 saturated carbocycles. The van der Waals surface area contributed by atoms with Gasteiger partial charge in [0.05, 0.1) is 46.4 Å². The molecule has 1 aromatic carbocycles. The third-order valence-electron chi connectivity index (χ3n) is 17.7. The first kappa shape index (κ1) is 46.2. The van der Waals surface area contributed by atoms with Gasteiger partial charge in [-0.25, -0.2) is 9.97 Å². The molecular weight excluding hydrogens is 895 g/mol. The normalized spacial score (nSPS) is 25.5. The van der Waals surface area contributed by atoms with Crippen molar-refractivity contribution in [1.82, 2.24) is 39.5 Å². The fraction of sp³-hybridized carbons (Fsp3) is 0.600. The van der Waals surface area contributed by atoms with E-state index in [2.05, 4.69) is 73.0 Å². The Morgan fingerprint density at radius 2 is 1.46 bits per heavy atom. The zero-order chi connectivity index (χ0) is 48.5. The molecule has 5 amide bonds. The molecule has 0 radical (unpaired) electrons. The summed E-state index contributed by atoms with van der Waals surface area (Å²) in [5, 5.41) is 6.12. The minimum Gasteiger partial charge on any atom is -0.370 e. The number of benzene rings is 1. The number of fused-ring (bicyclic) bond motifs is 3. The Balaban J connectivity index is 0.695. The number of aromatic nitrogens is 4. The monoisotopic (exact) mass is 964 g/mol. The first-order valence-electron chi connectivity index (χ1n) is 27.0. The van der Waals surface area contributed by atoms with Crippen LogP contribution in [-0.2, 0) is 29.4 Å². The van der Waals surface area contributed by atoms with Gasteiger partial charge in [0.1, 0.15) is 5.52 Å². The van der Waals surface area contributed by atoms with Crippen LogP contribution in [-0.4, -0.2) is 134 Å². The highest BCUT2D eigenvalue weighted by Gasteiger charge is 2.56. The second-order valence-electron chi connectivity index (χ2n) is 22.4. The summed E-state index contributed by atoms with van der Waals surface area (Å²) in [5.41, 5.74) is 6.87. The van der Waals surface area contributed by atoms with Gasteiger partial charge < -0.3 is 34.4 Å². The molecule has 2 N–H and O–H groups in total. The minimum absolute atomic E-state index is 0.0538. The Kier molecular flexibility index (Phi) is 12.1. The molecule has 4 aromatic rings. The van der Waals surface area contributed by atoms with Crippen LogP contribution in [0, 0.1) is 11.8 Å². The van der Waals surface area contributed by atoms with E-state index in [1.807, 2.05) is 28.3 Å². The summed E-state index contributed by atoms with van der Waals surface area (Å²) in [6.07, 6.45) is 16.6. The summed E-state index contributed by atoms with van der Waals surface area (Å²) in [6.45, 7) is 10.4.